The average molecular weight is 346 g/mol. The predicted molar refractivity (Wildman–Crippen MR) is 92.6 cm³/mol. The van der Waals surface area contributed by atoms with Crippen LogP contribution in [0.2, 0.25) is 0 Å². The van der Waals surface area contributed by atoms with Crippen LogP contribution in [0.15, 0.2) is 42.5 Å². The van der Waals surface area contributed by atoms with Crippen molar-refractivity contribution in [2.75, 3.05) is 32.1 Å². The van der Waals surface area contributed by atoms with Gasteiger partial charge >= 0.3 is 6.09 Å². The monoisotopic (exact) mass is 346 g/mol. The number of carbonyl (C=O) groups excluding carboxylic acids is 1. The molecule has 1 saturated heterocycles. The highest BCUT2D eigenvalue weighted by Gasteiger charge is 2.26. The normalized spacial score (nSPS) is 17.5. The molecule has 0 aliphatic carbocycles. The van der Waals surface area contributed by atoms with Crippen molar-refractivity contribution in [2.24, 2.45) is 0 Å². The number of rotatable bonds is 3. The number of hydrogen-bond donors (Lipinski definition) is 0. The molecule has 25 heavy (non-hydrogen) atoms. The lowest BCUT2D eigenvalue weighted by Gasteiger charge is -2.22. The highest BCUT2D eigenvalue weighted by atomic mass is 19.1. The summed E-state index contributed by atoms with van der Waals surface area (Å²) >= 11 is 0. The first-order chi connectivity index (χ1) is 11.9. The van der Waals surface area contributed by atoms with E-state index in [1.807, 2.05) is 7.05 Å². The minimum Gasteiger partial charge on any atom is -0.444 e. The number of amides is 1. The number of likely N-dealkylation sites (N-methyl/N-ethyl adjacent to an activating group) is 1. The summed E-state index contributed by atoms with van der Waals surface area (Å²) in [6.07, 6.45) is 0.124. The van der Waals surface area contributed by atoms with Crippen LogP contribution in [-0.4, -0.2) is 44.3 Å². The van der Waals surface area contributed by atoms with Crippen LogP contribution in [0.1, 0.15) is 6.42 Å². The molecule has 0 aromatic heterocycles. The maximum absolute atomic E-state index is 13.7. The fourth-order valence-corrected chi connectivity index (χ4v) is 3.00. The standard InChI is InChI=1S/C19H20F2N2O2/c1-22-9-8-16(12-22)25-19(24)23(2)18-7-6-15(21)11-17(18)13-4-3-5-14(20)10-13/h3-7,10-11,16H,8-9,12H2,1-2H3/t16-/m0/s1. The summed E-state index contributed by atoms with van der Waals surface area (Å²) in [6.45, 7) is 1.58. The number of benzene rings is 2. The maximum atomic E-state index is 13.7. The van der Waals surface area contributed by atoms with Gasteiger partial charge in [0.05, 0.1) is 5.69 Å². The van der Waals surface area contributed by atoms with Crippen LogP contribution >= 0.6 is 0 Å². The van der Waals surface area contributed by atoms with Crippen molar-refractivity contribution < 1.29 is 18.3 Å². The quantitative estimate of drug-likeness (QED) is 0.845. The molecule has 132 valence electrons. The van der Waals surface area contributed by atoms with Crippen LogP contribution in [0.25, 0.3) is 11.1 Å². The van der Waals surface area contributed by atoms with Crippen molar-refractivity contribution in [3.05, 3.63) is 54.1 Å². The highest BCUT2D eigenvalue weighted by molar-refractivity contribution is 5.93. The third-order valence-corrected chi connectivity index (χ3v) is 4.35. The lowest BCUT2D eigenvalue weighted by Crippen LogP contribution is -2.32. The van der Waals surface area contributed by atoms with Crippen molar-refractivity contribution >= 4 is 11.8 Å². The van der Waals surface area contributed by atoms with Gasteiger partial charge in [-0.1, -0.05) is 12.1 Å². The lowest BCUT2D eigenvalue weighted by molar-refractivity contribution is 0.110. The first kappa shape index (κ1) is 17.4. The van der Waals surface area contributed by atoms with Gasteiger partial charge in [0.1, 0.15) is 17.7 Å². The minimum atomic E-state index is -0.510. The first-order valence-electron chi connectivity index (χ1n) is 8.12. The van der Waals surface area contributed by atoms with E-state index in [1.54, 1.807) is 19.2 Å². The van der Waals surface area contributed by atoms with E-state index in [-0.39, 0.29) is 6.10 Å². The summed E-state index contributed by atoms with van der Waals surface area (Å²) in [5.41, 5.74) is 1.39. The van der Waals surface area contributed by atoms with Gasteiger partial charge in [0.25, 0.3) is 0 Å². The number of hydrogen-bond acceptors (Lipinski definition) is 3. The maximum Gasteiger partial charge on any atom is 0.414 e. The number of halogens is 2. The van der Waals surface area contributed by atoms with Crippen LogP contribution in [0.3, 0.4) is 0 Å². The van der Waals surface area contributed by atoms with E-state index in [2.05, 4.69) is 4.90 Å². The van der Waals surface area contributed by atoms with Crippen LogP contribution in [0, 0.1) is 11.6 Å². The van der Waals surface area contributed by atoms with Crippen molar-refractivity contribution in [2.45, 2.75) is 12.5 Å². The van der Waals surface area contributed by atoms with Gasteiger partial charge in [0, 0.05) is 25.7 Å². The number of nitrogens with zero attached hydrogens (tertiary/aromatic N) is 2. The molecule has 1 amide bonds. The van der Waals surface area contributed by atoms with Gasteiger partial charge in [0.2, 0.25) is 0 Å². The zero-order valence-corrected chi connectivity index (χ0v) is 14.2. The van der Waals surface area contributed by atoms with E-state index < -0.39 is 17.7 Å². The summed E-state index contributed by atoms with van der Waals surface area (Å²) < 4.78 is 32.8. The molecule has 1 fully saturated rings. The van der Waals surface area contributed by atoms with Crippen molar-refractivity contribution in [3.8, 4) is 11.1 Å². The van der Waals surface area contributed by atoms with Gasteiger partial charge in [0.15, 0.2) is 0 Å². The summed E-state index contributed by atoms with van der Waals surface area (Å²) in [6, 6.07) is 9.90. The number of ether oxygens (including phenoxy) is 1. The van der Waals surface area contributed by atoms with E-state index in [0.29, 0.717) is 23.4 Å². The third-order valence-electron chi connectivity index (χ3n) is 4.35. The fourth-order valence-electron chi connectivity index (χ4n) is 3.00. The Balaban J connectivity index is 1.87. The molecule has 0 spiro atoms. The van der Waals surface area contributed by atoms with Crippen LogP contribution < -0.4 is 4.90 Å². The van der Waals surface area contributed by atoms with E-state index in [1.165, 1.54) is 35.2 Å². The Labute approximate surface area is 145 Å². The molecule has 0 radical (unpaired) electrons. The largest absolute Gasteiger partial charge is 0.444 e. The average Bonchev–Trinajstić information content (AvgIpc) is 2.99. The lowest BCUT2D eigenvalue weighted by atomic mass is 10.0. The fraction of sp³-hybridized carbons (Fsp3) is 0.316. The Morgan fingerprint density at radius 3 is 2.64 bits per heavy atom. The zero-order valence-electron chi connectivity index (χ0n) is 14.2. The molecule has 0 N–H and O–H groups in total. The molecule has 0 bridgehead atoms. The Bertz CT molecular complexity index is 782. The second-order valence-corrected chi connectivity index (χ2v) is 6.29. The van der Waals surface area contributed by atoms with Gasteiger partial charge in [-0.2, -0.15) is 0 Å². The first-order valence-corrected chi connectivity index (χ1v) is 8.12. The van der Waals surface area contributed by atoms with E-state index >= 15 is 0 Å². The smallest absolute Gasteiger partial charge is 0.414 e. The molecule has 2 aromatic rings. The summed E-state index contributed by atoms with van der Waals surface area (Å²) in [5.74, 6) is -0.880. The minimum absolute atomic E-state index is 0.155. The molecular weight excluding hydrogens is 326 g/mol. The molecule has 2 aromatic carbocycles. The Kier molecular flexibility index (Phi) is 4.99. The van der Waals surface area contributed by atoms with Crippen LogP contribution in [0.5, 0.6) is 0 Å². The second-order valence-electron chi connectivity index (χ2n) is 6.29. The van der Waals surface area contributed by atoms with E-state index in [9.17, 15) is 13.6 Å². The molecule has 6 heteroatoms. The van der Waals surface area contributed by atoms with Crippen molar-refractivity contribution in [1.29, 1.82) is 0 Å². The van der Waals surface area contributed by atoms with E-state index in [4.69, 9.17) is 4.74 Å². The molecule has 1 aliphatic rings. The van der Waals surface area contributed by atoms with Crippen molar-refractivity contribution in [1.82, 2.24) is 4.90 Å². The summed E-state index contributed by atoms with van der Waals surface area (Å²) in [5, 5.41) is 0. The highest BCUT2D eigenvalue weighted by Crippen LogP contribution is 2.32. The van der Waals surface area contributed by atoms with Crippen LogP contribution in [0.4, 0.5) is 19.3 Å². The van der Waals surface area contributed by atoms with Crippen LogP contribution in [-0.2, 0) is 4.74 Å². The molecule has 3 rings (SSSR count). The third kappa shape index (κ3) is 3.96. The van der Waals surface area contributed by atoms with Gasteiger partial charge in [-0.25, -0.2) is 13.6 Å². The van der Waals surface area contributed by atoms with Gasteiger partial charge in [-0.15, -0.1) is 0 Å². The SMILES string of the molecule is CN1CC[C@H](OC(=O)N(C)c2ccc(F)cc2-c2cccc(F)c2)C1. The van der Waals surface area contributed by atoms with Gasteiger partial charge < -0.3 is 9.64 Å². The Hall–Kier alpha value is -2.47. The Morgan fingerprint density at radius 2 is 1.96 bits per heavy atom. The van der Waals surface area contributed by atoms with Gasteiger partial charge in [-0.3, -0.25) is 4.90 Å². The number of anilines is 1. The molecule has 1 atom stereocenters. The molecule has 0 saturated carbocycles. The Morgan fingerprint density at radius 1 is 1.20 bits per heavy atom. The number of likely N-dealkylation sites (tertiary alicyclic amines) is 1. The second kappa shape index (κ2) is 7.19. The molecule has 4 nitrogen and oxygen atoms in total. The molecule has 1 heterocycles. The number of carbonyl (C=O) groups is 1. The van der Waals surface area contributed by atoms with E-state index in [0.717, 1.165) is 13.0 Å². The summed E-state index contributed by atoms with van der Waals surface area (Å²) in [4.78, 5) is 15.9. The molecular formula is C19H20F2N2O2. The summed E-state index contributed by atoms with van der Waals surface area (Å²) in [7, 11) is 3.54. The van der Waals surface area contributed by atoms with Gasteiger partial charge in [-0.05, 0) is 49.4 Å². The topological polar surface area (TPSA) is 32.8 Å². The molecule has 1 aliphatic heterocycles. The zero-order chi connectivity index (χ0) is 18.0. The predicted octanol–water partition coefficient (Wildman–Crippen LogP) is 3.91. The van der Waals surface area contributed by atoms with Crippen molar-refractivity contribution in [3.63, 3.8) is 0 Å². The molecule has 0 unspecified atom stereocenters.